The molecule has 0 fully saturated rings. The predicted molar refractivity (Wildman–Crippen MR) is 111 cm³/mol. The number of hydrogen-bond donors (Lipinski definition) is 0. The number of fused-ring (bicyclic) bond motifs is 3. The molecule has 4 aromatic rings. The van der Waals surface area contributed by atoms with Crippen LogP contribution in [0.5, 0.6) is 0 Å². The quantitative estimate of drug-likeness (QED) is 0.346. The van der Waals surface area contributed by atoms with E-state index in [1.165, 1.54) is 43.8 Å². The zero-order valence-corrected chi connectivity index (χ0v) is 14.8. The summed E-state index contributed by atoms with van der Waals surface area (Å²) in [5.41, 5.74) is 5.54. The molecule has 0 heteroatoms. The van der Waals surface area contributed by atoms with Gasteiger partial charge in [-0.15, -0.1) is 0 Å². The van der Waals surface area contributed by atoms with Crippen LogP contribution in [0.2, 0.25) is 0 Å². The Hall–Kier alpha value is -2.86. The van der Waals surface area contributed by atoms with E-state index in [2.05, 4.69) is 84.9 Å². The van der Waals surface area contributed by atoms with Gasteiger partial charge in [0, 0.05) is 0 Å². The third-order valence-electron chi connectivity index (χ3n) is 4.85. The predicted octanol–water partition coefficient (Wildman–Crippen LogP) is 7.26. The van der Waals surface area contributed by atoms with Gasteiger partial charge in [0.1, 0.15) is 0 Å². The highest BCUT2D eigenvalue weighted by Crippen LogP contribution is 2.38. The van der Waals surface area contributed by atoms with Crippen molar-refractivity contribution in [2.75, 3.05) is 0 Å². The van der Waals surface area contributed by atoms with E-state index in [0.29, 0.717) is 0 Å². The van der Waals surface area contributed by atoms with Gasteiger partial charge in [0.15, 0.2) is 0 Å². The Morgan fingerprint density at radius 2 is 1.40 bits per heavy atom. The molecule has 0 radical (unpaired) electrons. The summed E-state index contributed by atoms with van der Waals surface area (Å²) in [5.74, 6) is 0. The SMILES string of the molecule is C1=Cc2cc3ccccc3c(-c3ccc4ccccc4c3)c2C1.CC. The fraction of sp³-hybridized carbons (Fsp3) is 0.120. The second kappa shape index (κ2) is 6.57. The fourth-order valence-corrected chi connectivity index (χ4v) is 3.76. The molecule has 0 nitrogen and oxygen atoms in total. The highest BCUT2D eigenvalue weighted by atomic mass is 14.2. The molecule has 0 saturated carbocycles. The van der Waals surface area contributed by atoms with Gasteiger partial charge in [-0.2, -0.15) is 0 Å². The van der Waals surface area contributed by atoms with Crippen LogP contribution < -0.4 is 0 Å². The standard InChI is InChI=1S/C23H16.C2H6/c1-2-7-17-14-20(13-12-16(17)6-1)23-21-10-4-3-8-18(21)15-19-9-5-11-22(19)23;1-2/h1-10,12-15H,11H2;1-2H3. The van der Waals surface area contributed by atoms with Crippen LogP contribution in [0.25, 0.3) is 38.7 Å². The number of rotatable bonds is 1. The highest BCUT2D eigenvalue weighted by Gasteiger charge is 2.16. The van der Waals surface area contributed by atoms with Gasteiger partial charge in [-0.05, 0) is 62.4 Å². The minimum Gasteiger partial charge on any atom is -0.0795 e. The number of benzene rings is 4. The van der Waals surface area contributed by atoms with Crippen molar-refractivity contribution in [2.45, 2.75) is 20.3 Å². The topological polar surface area (TPSA) is 0 Å². The molecule has 0 aromatic heterocycles. The lowest BCUT2D eigenvalue weighted by Gasteiger charge is -2.14. The summed E-state index contributed by atoms with van der Waals surface area (Å²) in [4.78, 5) is 0. The van der Waals surface area contributed by atoms with Gasteiger partial charge in [-0.1, -0.05) is 86.7 Å². The van der Waals surface area contributed by atoms with Crippen molar-refractivity contribution in [2.24, 2.45) is 0 Å². The van der Waals surface area contributed by atoms with Crippen molar-refractivity contribution < 1.29 is 0 Å². The Morgan fingerprint density at radius 1 is 0.680 bits per heavy atom. The second-order valence-electron chi connectivity index (χ2n) is 6.21. The molecule has 0 unspecified atom stereocenters. The minimum absolute atomic E-state index is 1.03. The molecule has 0 atom stereocenters. The summed E-state index contributed by atoms with van der Waals surface area (Å²) in [5, 5.41) is 5.27. The molecule has 4 aromatic carbocycles. The maximum absolute atomic E-state index is 2.33. The average Bonchev–Trinajstić information content (AvgIpc) is 3.15. The second-order valence-corrected chi connectivity index (χ2v) is 6.21. The van der Waals surface area contributed by atoms with E-state index < -0.39 is 0 Å². The summed E-state index contributed by atoms with van der Waals surface area (Å²) in [6.45, 7) is 4.00. The molecule has 0 aliphatic heterocycles. The van der Waals surface area contributed by atoms with E-state index in [9.17, 15) is 0 Å². The smallest absolute Gasteiger partial charge is 0.00640 e. The van der Waals surface area contributed by atoms with Gasteiger partial charge in [0.25, 0.3) is 0 Å². The van der Waals surface area contributed by atoms with E-state index in [1.807, 2.05) is 13.8 Å². The Labute approximate surface area is 149 Å². The number of hydrogen-bond acceptors (Lipinski definition) is 0. The van der Waals surface area contributed by atoms with Gasteiger partial charge < -0.3 is 0 Å². The maximum atomic E-state index is 2.33. The maximum Gasteiger partial charge on any atom is -0.00640 e. The first-order chi connectivity index (χ1) is 12.4. The van der Waals surface area contributed by atoms with E-state index in [4.69, 9.17) is 0 Å². The Balaban J connectivity index is 0.000000758. The van der Waals surface area contributed by atoms with Gasteiger partial charge in [0.2, 0.25) is 0 Å². The Morgan fingerprint density at radius 3 is 2.24 bits per heavy atom. The van der Waals surface area contributed by atoms with Crippen molar-refractivity contribution in [1.29, 1.82) is 0 Å². The molecule has 0 saturated heterocycles. The van der Waals surface area contributed by atoms with Crippen LogP contribution in [0.1, 0.15) is 25.0 Å². The molecule has 0 N–H and O–H groups in total. The van der Waals surface area contributed by atoms with E-state index >= 15 is 0 Å². The van der Waals surface area contributed by atoms with Gasteiger partial charge in [-0.25, -0.2) is 0 Å². The van der Waals surface area contributed by atoms with Crippen molar-refractivity contribution in [3.05, 3.63) is 90.0 Å². The fourth-order valence-electron chi connectivity index (χ4n) is 3.76. The van der Waals surface area contributed by atoms with Crippen molar-refractivity contribution in [3.63, 3.8) is 0 Å². The molecule has 0 heterocycles. The van der Waals surface area contributed by atoms with E-state index in [1.54, 1.807) is 0 Å². The van der Waals surface area contributed by atoms with Crippen molar-refractivity contribution >= 4 is 27.6 Å². The van der Waals surface area contributed by atoms with Crippen LogP contribution in [-0.2, 0) is 6.42 Å². The van der Waals surface area contributed by atoms with Crippen LogP contribution in [0.3, 0.4) is 0 Å². The summed E-state index contributed by atoms with van der Waals surface area (Å²) in [6.07, 6.45) is 5.56. The van der Waals surface area contributed by atoms with Crippen LogP contribution >= 0.6 is 0 Å². The lowest BCUT2D eigenvalue weighted by molar-refractivity contribution is 1.32. The molecule has 5 rings (SSSR count). The lowest BCUT2D eigenvalue weighted by Crippen LogP contribution is -1.91. The van der Waals surface area contributed by atoms with Crippen LogP contribution in [0, 0.1) is 0 Å². The largest absolute Gasteiger partial charge is 0.0795 e. The van der Waals surface area contributed by atoms with Gasteiger partial charge in [0.05, 0.1) is 0 Å². The molecule has 1 aliphatic carbocycles. The number of allylic oxidation sites excluding steroid dienone is 1. The lowest BCUT2D eigenvalue weighted by atomic mass is 9.89. The van der Waals surface area contributed by atoms with Gasteiger partial charge in [-0.3, -0.25) is 0 Å². The first-order valence-corrected chi connectivity index (χ1v) is 9.10. The van der Waals surface area contributed by atoms with Gasteiger partial charge >= 0.3 is 0 Å². The monoisotopic (exact) mass is 322 g/mol. The zero-order chi connectivity index (χ0) is 17.2. The Kier molecular flexibility index (Phi) is 4.11. The van der Waals surface area contributed by atoms with Crippen LogP contribution in [0.15, 0.2) is 78.9 Å². The molecule has 0 amide bonds. The van der Waals surface area contributed by atoms with E-state index in [-0.39, 0.29) is 0 Å². The summed E-state index contributed by atoms with van der Waals surface area (Å²) in [7, 11) is 0. The molecule has 1 aliphatic rings. The van der Waals surface area contributed by atoms with Crippen molar-refractivity contribution in [3.8, 4) is 11.1 Å². The summed E-state index contributed by atoms with van der Waals surface area (Å²) < 4.78 is 0. The third kappa shape index (κ3) is 2.64. The minimum atomic E-state index is 1.03. The van der Waals surface area contributed by atoms with E-state index in [0.717, 1.165) is 6.42 Å². The first kappa shape index (κ1) is 15.7. The van der Waals surface area contributed by atoms with Crippen molar-refractivity contribution in [1.82, 2.24) is 0 Å². The zero-order valence-electron chi connectivity index (χ0n) is 14.8. The first-order valence-electron chi connectivity index (χ1n) is 9.10. The summed E-state index contributed by atoms with van der Waals surface area (Å²) >= 11 is 0. The summed E-state index contributed by atoms with van der Waals surface area (Å²) in [6, 6.07) is 26.5. The highest BCUT2D eigenvalue weighted by molar-refractivity contribution is 6.03. The normalized spacial score (nSPS) is 12.1. The Bertz CT molecular complexity index is 1080. The molecule has 0 bridgehead atoms. The van der Waals surface area contributed by atoms with Crippen LogP contribution in [0.4, 0.5) is 0 Å². The molecular weight excluding hydrogens is 300 g/mol. The molecule has 25 heavy (non-hydrogen) atoms. The average molecular weight is 322 g/mol. The van der Waals surface area contributed by atoms with Crippen LogP contribution in [-0.4, -0.2) is 0 Å². The molecule has 122 valence electrons. The molecule has 0 spiro atoms. The molecular formula is C25H22. The third-order valence-corrected chi connectivity index (χ3v) is 4.85.